The van der Waals surface area contributed by atoms with Crippen molar-refractivity contribution in [2.45, 2.75) is 62.3 Å². The lowest BCUT2D eigenvalue weighted by Gasteiger charge is -2.26. The van der Waals surface area contributed by atoms with Crippen LogP contribution in [-0.2, 0) is 29.5 Å². The number of alkyl halides is 3. The summed E-state index contributed by atoms with van der Waals surface area (Å²) in [6.07, 6.45) is 5.38. The molecule has 0 aromatic carbocycles. The zero-order chi connectivity index (χ0) is 24.1. The van der Waals surface area contributed by atoms with Gasteiger partial charge in [-0.15, -0.1) is 0 Å². The lowest BCUT2D eigenvalue weighted by atomic mass is 10.1. The van der Waals surface area contributed by atoms with E-state index < -0.39 is 23.8 Å². The third-order valence-corrected chi connectivity index (χ3v) is 7.18. The van der Waals surface area contributed by atoms with Crippen LogP contribution in [0, 0.1) is 0 Å². The van der Waals surface area contributed by atoms with E-state index >= 15 is 0 Å². The lowest BCUT2D eigenvalue weighted by Crippen LogP contribution is -2.45. The van der Waals surface area contributed by atoms with Gasteiger partial charge in [0.15, 0.2) is 5.78 Å². The van der Waals surface area contributed by atoms with Crippen molar-refractivity contribution in [3.63, 3.8) is 0 Å². The molecule has 0 bridgehead atoms. The van der Waals surface area contributed by atoms with Crippen molar-refractivity contribution in [2.24, 2.45) is 7.05 Å². The number of pyridine rings is 1. The molecule has 1 spiro atoms. The minimum atomic E-state index is -4.60. The monoisotopic (exact) mass is 473 g/mol. The summed E-state index contributed by atoms with van der Waals surface area (Å²) in [7, 11) is 1.92. The number of likely N-dealkylation sites (tertiary alicyclic amines) is 1. The van der Waals surface area contributed by atoms with Crippen LogP contribution in [0.15, 0.2) is 30.6 Å². The van der Waals surface area contributed by atoms with Crippen LogP contribution in [0.25, 0.3) is 6.08 Å². The molecule has 7 nitrogen and oxygen atoms in total. The molecule has 1 amide bonds. The number of Topliss-reactive ketones (excluding diaryl/α,β-unsaturated/α-hetero) is 1. The van der Waals surface area contributed by atoms with Crippen molar-refractivity contribution in [1.82, 2.24) is 24.8 Å². The number of aryl methyl sites for hydroxylation is 2. The Hall–Kier alpha value is -3.01. The number of hydrogen-bond donors (Lipinski definition) is 1. The molecular formula is C24H26F3N5O2. The van der Waals surface area contributed by atoms with Crippen LogP contribution in [0.1, 0.15) is 54.5 Å². The summed E-state index contributed by atoms with van der Waals surface area (Å²) in [5.41, 5.74) is 0.808. The first-order valence-electron chi connectivity index (χ1n) is 11.5. The van der Waals surface area contributed by atoms with Gasteiger partial charge in [-0.05, 0) is 43.4 Å². The molecule has 180 valence electrons. The van der Waals surface area contributed by atoms with E-state index in [4.69, 9.17) is 0 Å². The van der Waals surface area contributed by atoms with Gasteiger partial charge in [-0.2, -0.15) is 13.2 Å². The molecule has 2 aromatic rings. The van der Waals surface area contributed by atoms with E-state index in [0.717, 1.165) is 36.3 Å². The smallest absolute Gasteiger partial charge is 0.331 e. The molecule has 10 heteroatoms. The first-order chi connectivity index (χ1) is 16.2. The van der Waals surface area contributed by atoms with E-state index in [-0.39, 0.29) is 23.7 Å². The van der Waals surface area contributed by atoms with Crippen molar-refractivity contribution in [2.75, 3.05) is 6.54 Å². The molecule has 3 atom stereocenters. The molecule has 0 radical (unpaired) electrons. The standard InChI is InChI=1S/C24H26F3N5O2/c1-31-17-8-3-2-7-16(17)29-18(31)9-10-19(33)32-13-5-11-23(32)21(22(23)34)30-20(24(25,26)27)15-6-4-12-28-14-15/h3-4,6,8,12,14,20-21,30H,2,5,7,9-11,13H2,1H3. The third kappa shape index (κ3) is 3.73. The van der Waals surface area contributed by atoms with Crippen LogP contribution in [0.5, 0.6) is 0 Å². The van der Waals surface area contributed by atoms with Gasteiger partial charge in [-0.3, -0.25) is 19.9 Å². The summed E-state index contributed by atoms with van der Waals surface area (Å²) in [5.74, 6) is 0.217. The quantitative estimate of drug-likeness (QED) is 0.698. The van der Waals surface area contributed by atoms with Gasteiger partial charge in [0.1, 0.15) is 23.4 Å². The average Bonchev–Trinajstić information content (AvgIpc) is 3.11. The highest BCUT2D eigenvalue weighted by molar-refractivity contribution is 6.14. The number of halogens is 3. The Kier molecular flexibility index (Phi) is 5.58. The topological polar surface area (TPSA) is 80.1 Å². The zero-order valence-corrected chi connectivity index (χ0v) is 18.8. The van der Waals surface area contributed by atoms with Crippen molar-refractivity contribution in [3.05, 3.63) is 53.4 Å². The highest BCUT2D eigenvalue weighted by atomic mass is 19.4. The van der Waals surface area contributed by atoms with E-state index in [1.54, 1.807) is 0 Å². The number of carbonyl (C=O) groups excluding carboxylic acids is 2. The number of hydrogen-bond acceptors (Lipinski definition) is 5. The summed E-state index contributed by atoms with van der Waals surface area (Å²) >= 11 is 0. The first-order valence-corrected chi connectivity index (χ1v) is 11.5. The van der Waals surface area contributed by atoms with Crippen LogP contribution < -0.4 is 5.32 Å². The van der Waals surface area contributed by atoms with Gasteiger partial charge < -0.3 is 9.47 Å². The SMILES string of the molecule is Cn1c(CCC(=O)N2CCCC23C(=O)C3NC(c2cccnc2)C(F)(F)F)nc2c1C=CCC2. The summed E-state index contributed by atoms with van der Waals surface area (Å²) < 4.78 is 43.4. The minimum absolute atomic E-state index is 0.0616. The number of ketones is 1. The molecule has 3 aliphatic rings. The summed E-state index contributed by atoms with van der Waals surface area (Å²) in [4.78, 5) is 35.9. The Balaban J connectivity index is 1.29. The first kappa shape index (κ1) is 22.8. The van der Waals surface area contributed by atoms with Gasteiger partial charge >= 0.3 is 6.18 Å². The van der Waals surface area contributed by atoms with Crippen molar-refractivity contribution >= 4 is 17.8 Å². The van der Waals surface area contributed by atoms with Crippen LogP contribution in [0.3, 0.4) is 0 Å². The van der Waals surface area contributed by atoms with Gasteiger partial charge in [0.2, 0.25) is 5.91 Å². The highest BCUT2D eigenvalue weighted by Crippen LogP contribution is 2.48. The second-order valence-electron chi connectivity index (χ2n) is 9.16. The normalized spacial score (nSPS) is 24.5. The number of rotatable bonds is 6. The number of imidazole rings is 1. The maximum atomic E-state index is 13.8. The fourth-order valence-electron chi connectivity index (χ4n) is 5.39. The number of fused-ring (bicyclic) bond motifs is 1. The van der Waals surface area contributed by atoms with Gasteiger partial charge in [0, 0.05) is 38.8 Å². The van der Waals surface area contributed by atoms with Crippen LogP contribution in [0.4, 0.5) is 13.2 Å². The van der Waals surface area contributed by atoms with E-state index in [1.165, 1.54) is 23.2 Å². The van der Waals surface area contributed by atoms with Gasteiger partial charge in [-0.1, -0.05) is 12.1 Å². The summed E-state index contributed by atoms with van der Waals surface area (Å²) in [6, 6.07) is -0.316. The molecule has 1 N–H and O–H groups in total. The Bertz CT molecular complexity index is 1140. The van der Waals surface area contributed by atoms with Crippen molar-refractivity contribution in [3.8, 4) is 0 Å². The fourth-order valence-corrected chi connectivity index (χ4v) is 5.39. The zero-order valence-electron chi connectivity index (χ0n) is 18.8. The molecule has 3 heterocycles. The molecule has 2 aromatic heterocycles. The number of allylic oxidation sites excluding steroid dienone is 1. The largest absolute Gasteiger partial charge is 0.407 e. The van der Waals surface area contributed by atoms with E-state index in [2.05, 4.69) is 21.4 Å². The molecule has 2 aliphatic carbocycles. The predicted molar refractivity (Wildman–Crippen MR) is 118 cm³/mol. The second-order valence-corrected chi connectivity index (χ2v) is 9.16. The van der Waals surface area contributed by atoms with Gasteiger partial charge in [0.25, 0.3) is 0 Å². The molecular weight excluding hydrogens is 447 g/mol. The third-order valence-electron chi connectivity index (χ3n) is 7.18. The highest BCUT2D eigenvalue weighted by Gasteiger charge is 2.71. The number of aromatic nitrogens is 3. The average molecular weight is 473 g/mol. The second kappa shape index (κ2) is 8.33. The Morgan fingerprint density at radius 1 is 1.38 bits per heavy atom. The Morgan fingerprint density at radius 2 is 2.21 bits per heavy atom. The Morgan fingerprint density at radius 3 is 2.91 bits per heavy atom. The van der Waals surface area contributed by atoms with E-state index in [0.29, 0.717) is 25.8 Å². The molecule has 1 saturated heterocycles. The minimum Gasteiger partial charge on any atom is -0.331 e. The lowest BCUT2D eigenvalue weighted by molar-refractivity contribution is -0.158. The maximum Gasteiger partial charge on any atom is 0.407 e. The van der Waals surface area contributed by atoms with Crippen LogP contribution in [-0.4, -0.2) is 55.4 Å². The number of amides is 1. The fraction of sp³-hybridized carbons (Fsp3) is 0.500. The van der Waals surface area contributed by atoms with Crippen LogP contribution >= 0.6 is 0 Å². The predicted octanol–water partition coefficient (Wildman–Crippen LogP) is 2.91. The number of nitrogens with zero attached hydrogens (tertiary/aromatic N) is 4. The van der Waals surface area contributed by atoms with E-state index in [1.807, 2.05) is 17.7 Å². The van der Waals surface area contributed by atoms with Crippen molar-refractivity contribution in [1.29, 1.82) is 0 Å². The maximum absolute atomic E-state index is 13.8. The molecule has 2 fully saturated rings. The Labute approximate surface area is 195 Å². The summed E-state index contributed by atoms with van der Waals surface area (Å²) in [5, 5.41) is 2.50. The molecule has 5 rings (SSSR count). The van der Waals surface area contributed by atoms with Gasteiger partial charge in [0.05, 0.1) is 11.4 Å². The van der Waals surface area contributed by atoms with Gasteiger partial charge in [-0.25, -0.2) is 4.98 Å². The molecule has 1 aliphatic heterocycles. The number of carbonyl (C=O) groups is 2. The van der Waals surface area contributed by atoms with Crippen LogP contribution in [0.2, 0.25) is 0 Å². The molecule has 34 heavy (non-hydrogen) atoms. The van der Waals surface area contributed by atoms with E-state index in [9.17, 15) is 22.8 Å². The number of nitrogens with one attached hydrogen (secondary N) is 1. The summed E-state index contributed by atoms with van der Waals surface area (Å²) in [6.45, 7) is 0.367. The van der Waals surface area contributed by atoms with Crippen molar-refractivity contribution < 1.29 is 22.8 Å². The molecule has 1 saturated carbocycles. The molecule has 3 unspecified atom stereocenters.